The molecule has 2 nitrogen and oxygen atoms in total. The van der Waals surface area contributed by atoms with Gasteiger partial charge in [-0.25, -0.2) is 0 Å². The summed E-state index contributed by atoms with van der Waals surface area (Å²) < 4.78 is 0. The predicted octanol–water partition coefficient (Wildman–Crippen LogP) is 3.16. The summed E-state index contributed by atoms with van der Waals surface area (Å²) in [6.07, 6.45) is 8.17. The van der Waals surface area contributed by atoms with Crippen LogP contribution in [0.15, 0.2) is 30.3 Å². The molecule has 1 fully saturated rings. The average molecular weight is 218 g/mol. The summed E-state index contributed by atoms with van der Waals surface area (Å²) in [4.78, 5) is 0. The highest BCUT2D eigenvalue weighted by atomic mass is 15.2. The van der Waals surface area contributed by atoms with E-state index in [1.165, 1.54) is 37.7 Å². The molecule has 0 amide bonds. The van der Waals surface area contributed by atoms with E-state index >= 15 is 0 Å². The number of hydrogen-bond acceptors (Lipinski definition) is 2. The molecule has 2 heteroatoms. The van der Waals surface area contributed by atoms with Gasteiger partial charge >= 0.3 is 0 Å². The Morgan fingerprint density at radius 2 is 1.88 bits per heavy atom. The van der Waals surface area contributed by atoms with Crippen molar-refractivity contribution in [2.45, 2.75) is 44.6 Å². The third kappa shape index (κ3) is 3.06. The van der Waals surface area contributed by atoms with Crippen LogP contribution in [-0.4, -0.2) is 0 Å². The largest absolute Gasteiger partial charge is 0.271 e. The Morgan fingerprint density at radius 3 is 2.50 bits per heavy atom. The lowest BCUT2D eigenvalue weighted by atomic mass is 9.95. The highest BCUT2D eigenvalue weighted by Gasteiger charge is 2.17. The van der Waals surface area contributed by atoms with E-state index in [1.807, 2.05) is 6.07 Å². The molecule has 2 rings (SSSR count). The minimum absolute atomic E-state index is 0.321. The van der Waals surface area contributed by atoms with Crippen molar-refractivity contribution in [1.29, 1.82) is 0 Å². The Labute approximate surface area is 98.2 Å². The van der Waals surface area contributed by atoms with E-state index in [1.54, 1.807) is 0 Å². The second-order valence-electron chi connectivity index (χ2n) is 4.86. The van der Waals surface area contributed by atoms with Gasteiger partial charge in [0.25, 0.3) is 0 Å². The Hall–Kier alpha value is -0.860. The average Bonchev–Trinajstić information content (AvgIpc) is 2.84. The van der Waals surface area contributed by atoms with Crippen molar-refractivity contribution in [2.24, 2.45) is 11.8 Å². The van der Waals surface area contributed by atoms with Crippen LogP contribution in [-0.2, 0) is 0 Å². The van der Waals surface area contributed by atoms with Gasteiger partial charge in [-0.15, -0.1) is 0 Å². The molecule has 3 N–H and O–H groups in total. The fourth-order valence-electron chi connectivity index (χ4n) is 2.73. The van der Waals surface area contributed by atoms with E-state index in [4.69, 9.17) is 5.84 Å². The van der Waals surface area contributed by atoms with Gasteiger partial charge in [0.1, 0.15) is 0 Å². The summed E-state index contributed by atoms with van der Waals surface area (Å²) in [5, 5.41) is 0. The molecule has 88 valence electrons. The van der Waals surface area contributed by atoms with Gasteiger partial charge in [0.2, 0.25) is 0 Å². The Bertz CT molecular complexity index is 291. The van der Waals surface area contributed by atoms with Gasteiger partial charge in [0.05, 0.1) is 0 Å². The molecule has 0 saturated heterocycles. The van der Waals surface area contributed by atoms with Gasteiger partial charge in [0.15, 0.2) is 0 Å². The standard InChI is InChI=1S/C14H22N2/c15-16-14(13-8-2-1-3-9-13)11-10-12-6-4-5-7-12/h1-3,8-9,12,14,16H,4-7,10-11,15H2. The third-order valence-corrected chi connectivity index (χ3v) is 3.74. The molecule has 0 spiro atoms. The zero-order chi connectivity index (χ0) is 11.2. The van der Waals surface area contributed by atoms with E-state index in [2.05, 4.69) is 29.7 Å². The maximum absolute atomic E-state index is 5.64. The highest BCUT2D eigenvalue weighted by Crippen LogP contribution is 2.31. The summed E-state index contributed by atoms with van der Waals surface area (Å²) in [6.45, 7) is 0. The number of nitrogens with one attached hydrogen (secondary N) is 1. The van der Waals surface area contributed by atoms with Gasteiger partial charge in [0, 0.05) is 6.04 Å². The molecule has 1 unspecified atom stereocenters. The van der Waals surface area contributed by atoms with Crippen LogP contribution in [0.25, 0.3) is 0 Å². The van der Waals surface area contributed by atoms with E-state index in [0.717, 1.165) is 12.3 Å². The normalized spacial score (nSPS) is 18.8. The Morgan fingerprint density at radius 1 is 1.19 bits per heavy atom. The fourth-order valence-corrected chi connectivity index (χ4v) is 2.73. The molecular weight excluding hydrogens is 196 g/mol. The minimum atomic E-state index is 0.321. The molecule has 0 bridgehead atoms. The molecule has 16 heavy (non-hydrogen) atoms. The third-order valence-electron chi connectivity index (χ3n) is 3.74. The number of hydrazine groups is 1. The lowest BCUT2D eigenvalue weighted by molar-refractivity contribution is 0.416. The SMILES string of the molecule is NNC(CCC1CCCC1)c1ccccc1. The van der Waals surface area contributed by atoms with E-state index in [-0.39, 0.29) is 0 Å². The lowest BCUT2D eigenvalue weighted by Gasteiger charge is -2.18. The monoisotopic (exact) mass is 218 g/mol. The van der Waals surface area contributed by atoms with Crippen molar-refractivity contribution in [3.8, 4) is 0 Å². The molecule has 1 saturated carbocycles. The molecule has 1 atom stereocenters. The van der Waals surface area contributed by atoms with Crippen LogP contribution < -0.4 is 11.3 Å². The maximum atomic E-state index is 5.64. The molecule has 1 aliphatic carbocycles. The van der Waals surface area contributed by atoms with Gasteiger partial charge in [-0.2, -0.15) is 0 Å². The molecule has 0 aromatic heterocycles. The van der Waals surface area contributed by atoms with Gasteiger partial charge in [-0.05, 0) is 24.3 Å². The zero-order valence-electron chi connectivity index (χ0n) is 9.86. The summed E-state index contributed by atoms with van der Waals surface area (Å²) in [5.74, 6) is 6.58. The van der Waals surface area contributed by atoms with Crippen LogP contribution in [0.3, 0.4) is 0 Å². The lowest BCUT2D eigenvalue weighted by Crippen LogP contribution is -2.28. The van der Waals surface area contributed by atoms with Crippen LogP contribution in [0.2, 0.25) is 0 Å². The van der Waals surface area contributed by atoms with E-state index in [0.29, 0.717) is 6.04 Å². The van der Waals surface area contributed by atoms with Gasteiger partial charge < -0.3 is 0 Å². The van der Waals surface area contributed by atoms with Crippen LogP contribution in [0.5, 0.6) is 0 Å². The summed E-state index contributed by atoms with van der Waals surface area (Å²) in [5.41, 5.74) is 4.25. The van der Waals surface area contributed by atoms with Crippen molar-refractivity contribution >= 4 is 0 Å². The van der Waals surface area contributed by atoms with Crippen molar-refractivity contribution < 1.29 is 0 Å². The molecule has 1 aromatic rings. The second-order valence-corrected chi connectivity index (χ2v) is 4.86. The zero-order valence-corrected chi connectivity index (χ0v) is 9.86. The van der Waals surface area contributed by atoms with Crippen LogP contribution in [0.1, 0.15) is 50.1 Å². The van der Waals surface area contributed by atoms with Crippen molar-refractivity contribution in [3.05, 3.63) is 35.9 Å². The highest BCUT2D eigenvalue weighted by molar-refractivity contribution is 5.18. The number of nitrogens with two attached hydrogens (primary N) is 1. The summed E-state index contributed by atoms with van der Waals surface area (Å²) in [7, 11) is 0. The van der Waals surface area contributed by atoms with Crippen LogP contribution in [0.4, 0.5) is 0 Å². The van der Waals surface area contributed by atoms with Crippen LogP contribution >= 0.6 is 0 Å². The van der Waals surface area contributed by atoms with E-state index in [9.17, 15) is 0 Å². The van der Waals surface area contributed by atoms with Crippen molar-refractivity contribution in [1.82, 2.24) is 5.43 Å². The van der Waals surface area contributed by atoms with Crippen molar-refractivity contribution in [3.63, 3.8) is 0 Å². The fraction of sp³-hybridized carbons (Fsp3) is 0.571. The molecule has 1 aromatic carbocycles. The first-order valence-corrected chi connectivity index (χ1v) is 6.41. The van der Waals surface area contributed by atoms with Crippen molar-refractivity contribution in [2.75, 3.05) is 0 Å². The smallest absolute Gasteiger partial charge is 0.0460 e. The van der Waals surface area contributed by atoms with Gasteiger partial charge in [-0.1, -0.05) is 56.0 Å². The number of benzene rings is 1. The summed E-state index contributed by atoms with van der Waals surface area (Å²) >= 11 is 0. The molecule has 0 radical (unpaired) electrons. The van der Waals surface area contributed by atoms with E-state index < -0.39 is 0 Å². The first-order valence-electron chi connectivity index (χ1n) is 6.41. The quantitative estimate of drug-likeness (QED) is 0.588. The molecular formula is C14H22N2. The minimum Gasteiger partial charge on any atom is -0.271 e. The predicted molar refractivity (Wildman–Crippen MR) is 67.7 cm³/mol. The first-order chi connectivity index (χ1) is 7.90. The van der Waals surface area contributed by atoms with Gasteiger partial charge in [-0.3, -0.25) is 11.3 Å². The maximum Gasteiger partial charge on any atom is 0.0460 e. The molecule has 1 aliphatic rings. The Kier molecular flexibility index (Phi) is 4.37. The topological polar surface area (TPSA) is 38.0 Å². The van der Waals surface area contributed by atoms with Crippen LogP contribution in [0, 0.1) is 5.92 Å². The molecule has 0 heterocycles. The number of hydrogen-bond donors (Lipinski definition) is 2. The summed E-state index contributed by atoms with van der Waals surface area (Å²) in [6, 6.07) is 10.8. The molecule has 0 aliphatic heterocycles. The second kappa shape index (κ2) is 6.02. The first kappa shape index (κ1) is 11.6. The Balaban J connectivity index is 1.85. The number of rotatable bonds is 5.